The van der Waals surface area contributed by atoms with Crippen molar-refractivity contribution < 1.29 is 0 Å². The van der Waals surface area contributed by atoms with Gasteiger partial charge in [0.1, 0.15) is 6.07 Å². The van der Waals surface area contributed by atoms with Crippen LogP contribution >= 0.6 is 23.4 Å². The van der Waals surface area contributed by atoms with E-state index in [0.717, 1.165) is 32.7 Å². The number of nitrogens with zero attached hydrogens (tertiary/aromatic N) is 5. The minimum Gasteiger partial charge on any atom is -0.285 e. The maximum absolute atomic E-state index is 9.42. The molecular weight excluding hydrogens is 368 g/mol. The van der Waals surface area contributed by atoms with Gasteiger partial charge < -0.3 is 0 Å². The summed E-state index contributed by atoms with van der Waals surface area (Å²) in [5.41, 5.74) is 5.36. The Labute approximate surface area is 158 Å². The van der Waals surface area contributed by atoms with E-state index in [4.69, 9.17) is 11.6 Å². The first-order chi connectivity index (χ1) is 12.7. The molecule has 4 aromatic rings. The summed E-state index contributed by atoms with van der Waals surface area (Å²) >= 11 is 7.93. The van der Waals surface area contributed by atoms with Gasteiger partial charge in [-0.1, -0.05) is 11.6 Å². The smallest absolute Gasteiger partial charge is 0.103 e. The highest BCUT2D eigenvalue weighted by Gasteiger charge is 2.14. The summed E-state index contributed by atoms with van der Waals surface area (Å²) in [5, 5.41) is 21.2. The molecule has 0 radical (unpaired) electrons. The molecule has 26 heavy (non-hydrogen) atoms. The van der Waals surface area contributed by atoms with Gasteiger partial charge >= 0.3 is 0 Å². The molecule has 0 bridgehead atoms. The molecule has 1 N–H and O–H groups in total. The summed E-state index contributed by atoms with van der Waals surface area (Å²) in [6.07, 6.45) is 10.5. The molecule has 0 spiro atoms. The number of halogens is 1. The number of thioether (sulfide) groups is 1. The third kappa shape index (κ3) is 2.94. The Morgan fingerprint density at radius 2 is 2.15 bits per heavy atom. The van der Waals surface area contributed by atoms with E-state index in [1.165, 1.54) is 0 Å². The Balaban J connectivity index is 1.79. The van der Waals surface area contributed by atoms with E-state index in [2.05, 4.69) is 32.4 Å². The molecule has 8 heteroatoms. The maximum Gasteiger partial charge on any atom is 0.103 e. The number of aryl methyl sites for hydroxylation is 1. The molecule has 4 aromatic heterocycles. The molecule has 0 saturated heterocycles. The lowest BCUT2D eigenvalue weighted by atomic mass is 10.1. The monoisotopic (exact) mass is 380 g/mol. The molecule has 0 amide bonds. The summed E-state index contributed by atoms with van der Waals surface area (Å²) < 4.78 is 1.74. The van der Waals surface area contributed by atoms with E-state index in [1.807, 2.05) is 19.3 Å². The topological polar surface area (TPSA) is 82.7 Å². The molecule has 6 nitrogen and oxygen atoms in total. The minimum atomic E-state index is 0.545. The van der Waals surface area contributed by atoms with Crippen molar-refractivity contribution >= 4 is 28.9 Å². The normalized spacial score (nSPS) is 11.0. The van der Waals surface area contributed by atoms with Crippen LogP contribution in [0.2, 0.25) is 5.02 Å². The summed E-state index contributed by atoms with van der Waals surface area (Å²) in [6.45, 7) is 1.99. The summed E-state index contributed by atoms with van der Waals surface area (Å²) in [4.78, 5) is 5.07. The van der Waals surface area contributed by atoms with Crippen LogP contribution in [0.3, 0.4) is 0 Å². The van der Waals surface area contributed by atoms with Crippen molar-refractivity contribution in [3.63, 3.8) is 0 Å². The zero-order valence-electron chi connectivity index (χ0n) is 13.8. The van der Waals surface area contributed by atoms with E-state index in [-0.39, 0.29) is 0 Å². The zero-order chi connectivity index (χ0) is 18.1. The number of pyridine rings is 2. The SMILES string of the molecule is Cc1cncc(Cl)c1CSc1cc(-c2cn[nH]c2)cn2ncc(C#N)c12. The highest BCUT2D eigenvalue weighted by atomic mass is 35.5. The van der Waals surface area contributed by atoms with Crippen LogP contribution in [-0.4, -0.2) is 24.8 Å². The van der Waals surface area contributed by atoms with Crippen molar-refractivity contribution in [2.45, 2.75) is 17.6 Å². The number of aromatic amines is 1. The van der Waals surface area contributed by atoms with Crippen molar-refractivity contribution in [1.29, 1.82) is 5.26 Å². The predicted molar refractivity (Wildman–Crippen MR) is 101 cm³/mol. The van der Waals surface area contributed by atoms with Gasteiger partial charge in [-0.15, -0.1) is 11.8 Å². The van der Waals surface area contributed by atoms with E-state index in [0.29, 0.717) is 16.3 Å². The van der Waals surface area contributed by atoms with E-state index in [1.54, 1.807) is 41.1 Å². The van der Waals surface area contributed by atoms with Crippen LogP contribution < -0.4 is 0 Å². The first kappa shape index (κ1) is 16.6. The van der Waals surface area contributed by atoms with Gasteiger partial charge in [-0.2, -0.15) is 15.5 Å². The van der Waals surface area contributed by atoms with E-state index >= 15 is 0 Å². The number of fused-ring (bicyclic) bond motifs is 1. The van der Waals surface area contributed by atoms with Crippen molar-refractivity contribution in [2.75, 3.05) is 0 Å². The number of hydrogen-bond donors (Lipinski definition) is 1. The second kappa shape index (κ2) is 6.83. The van der Waals surface area contributed by atoms with Crippen LogP contribution in [0.4, 0.5) is 0 Å². The van der Waals surface area contributed by atoms with Crippen LogP contribution in [-0.2, 0) is 5.75 Å². The van der Waals surface area contributed by atoms with Crippen LogP contribution in [0.1, 0.15) is 16.7 Å². The molecular formula is C18H13ClN6S. The second-order valence-corrected chi connectivity index (χ2v) is 7.17. The first-order valence-corrected chi connectivity index (χ1v) is 9.16. The lowest BCUT2D eigenvalue weighted by molar-refractivity contribution is 0.951. The molecule has 0 aliphatic rings. The van der Waals surface area contributed by atoms with Crippen LogP contribution in [0.25, 0.3) is 16.6 Å². The maximum atomic E-state index is 9.42. The number of rotatable bonds is 4. The van der Waals surface area contributed by atoms with Gasteiger partial charge in [-0.25, -0.2) is 4.52 Å². The fourth-order valence-electron chi connectivity index (χ4n) is 2.73. The van der Waals surface area contributed by atoms with E-state index in [9.17, 15) is 5.26 Å². The zero-order valence-corrected chi connectivity index (χ0v) is 15.3. The lowest BCUT2D eigenvalue weighted by Crippen LogP contribution is -1.94. The Bertz CT molecular complexity index is 1110. The number of H-pyrrole nitrogens is 1. The second-order valence-electron chi connectivity index (χ2n) is 5.75. The molecule has 4 rings (SSSR count). The number of nitrogens with one attached hydrogen (secondary N) is 1. The number of nitriles is 1. The third-order valence-corrected chi connectivity index (χ3v) is 5.50. The van der Waals surface area contributed by atoms with Crippen LogP contribution in [0.5, 0.6) is 0 Å². The summed E-state index contributed by atoms with van der Waals surface area (Å²) in [5.74, 6) is 0.674. The predicted octanol–water partition coefficient (Wildman–Crippen LogP) is 4.25. The van der Waals surface area contributed by atoms with E-state index < -0.39 is 0 Å². The molecule has 0 fully saturated rings. The number of hydrogen-bond acceptors (Lipinski definition) is 5. The first-order valence-electron chi connectivity index (χ1n) is 7.80. The Kier molecular flexibility index (Phi) is 4.37. The van der Waals surface area contributed by atoms with Crippen molar-refractivity contribution in [3.05, 3.63) is 65.0 Å². The summed E-state index contributed by atoms with van der Waals surface area (Å²) in [7, 11) is 0. The van der Waals surface area contributed by atoms with Gasteiger partial charge in [-0.3, -0.25) is 10.1 Å². The lowest BCUT2D eigenvalue weighted by Gasteiger charge is -2.10. The van der Waals surface area contributed by atoms with Gasteiger partial charge in [0.15, 0.2) is 0 Å². The van der Waals surface area contributed by atoms with Gasteiger partial charge in [0.25, 0.3) is 0 Å². The minimum absolute atomic E-state index is 0.545. The quantitative estimate of drug-likeness (QED) is 0.535. The molecule has 0 atom stereocenters. The Morgan fingerprint density at radius 3 is 2.88 bits per heavy atom. The average molecular weight is 381 g/mol. The number of aromatic nitrogens is 5. The third-order valence-electron chi connectivity index (χ3n) is 4.12. The molecule has 0 saturated carbocycles. The summed E-state index contributed by atoms with van der Waals surface area (Å²) in [6, 6.07) is 4.27. The molecule has 0 aromatic carbocycles. The van der Waals surface area contributed by atoms with Gasteiger partial charge in [-0.05, 0) is 24.1 Å². The fraction of sp³-hybridized carbons (Fsp3) is 0.111. The molecule has 0 aliphatic heterocycles. The fourth-order valence-corrected chi connectivity index (χ4v) is 4.32. The van der Waals surface area contributed by atoms with Crippen LogP contribution in [0, 0.1) is 18.3 Å². The highest BCUT2D eigenvalue weighted by molar-refractivity contribution is 7.98. The van der Waals surface area contributed by atoms with Crippen molar-refractivity contribution in [1.82, 2.24) is 24.8 Å². The molecule has 128 valence electrons. The molecule has 0 aliphatic carbocycles. The van der Waals surface area contributed by atoms with Gasteiger partial charge in [0, 0.05) is 46.6 Å². The van der Waals surface area contributed by atoms with Crippen LogP contribution in [0.15, 0.2) is 48.1 Å². The van der Waals surface area contributed by atoms with Crippen molar-refractivity contribution in [2.24, 2.45) is 0 Å². The van der Waals surface area contributed by atoms with Gasteiger partial charge in [0.2, 0.25) is 0 Å². The largest absolute Gasteiger partial charge is 0.285 e. The Morgan fingerprint density at radius 1 is 1.27 bits per heavy atom. The van der Waals surface area contributed by atoms with Gasteiger partial charge in [0.05, 0.1) is 28.5 Å². The molecule has 0 unspecified atom stereocenters. The standard InChI is InChI=1S/C18H13ClN6S/c1-11-4-21-8-16(19)15(11)10-26-17-2-12(14-5-22-23-6-14)9-25-18(17)13(3-20)7-24-25/h2,4-9H,10H2,1H3,(H,22,23). The Hall–Kier alpha value is -2.82. The molecule has 4 heterocycles. The average Bonchev–Trinajstić information content (AvgIpc) is 3.30. The highest BCUT2D eigenvalue weighted by Crippen LogP contribution is 2.34. The van der Waals surface area contributed by atoms with Crippen molar-refractivity contribution in [3.8, 4) is 17.2 Å².